The Morgan fingerprint density at radius 3 is 2.79 bits per heavy atom. The second kappa shape index (κ2) is 5.19. The van der Waals surface area contributed by atoms with Crippen LogP contribution in [0.5, 0.6) is 0 Å². The molecule has 0 unspecified atom stereocenters. The van der Waals surface area contributed by atoms with E-state index >= 15 is 0 Å². The smallest absolute Gasteiger partial charge is 0.345 e. The van der Waals surface area contributed by atoms with E-state index in [-0.39, 0.29) is 16.2 Å². The van der Waals surface area contributed by atoms with Crippen molar-refractivity contribution in [3.05, 3.63) is 49.3 Å². The van der Waals surface area contributed by atoms with Gasteiger partial charge in [0.2, 0.25) is 0 Å². The van der Waals surface area contributed by atoms with Crippen LogP contribution in [-0.4, -0.2) is 11.1 Å². The van der Waals surface area contributed by atoms with E-state index in [1.165, 1.54) is 13.0 Å². The normalized spacial score (nSPS) is 11.8. The van der Waals surface area contributed by atoms with E-state index in [2.05, 4.69) is 15.9 Å². The Balaban J connectivity index is 2.79. The molecule has 1 aromatic carbocycles. The maximum absolute atomic E-state index is 11.8. The quantitative estimate of drug-likeness (QED) is 0.667. The average Bonchev–Trinajstić information content (AvgIpc) is 2.35. The molecule has 1 heterocycles. The van der Waals surface area contributed by atoms with E-state index in [1.807, 2.05) is 0 Å². The van der Waals surface area contributed by atoms with E-state index in [0.29, 0.717) is 11.0 Å². The highest BCUT2D eigenvalue weighted by Crippen LogP contribution is 2.28. The topological polar surface area (TPSA) is 67.5 Å². The van der Waals surface area contributed by atoms with Gasteiger partial charge in [-0.15, -0.1) is 0 Å². The minimum absolute atomic E-state index is 0.00328. The molecule has 1 N–H and O–H groups in total. The number of hydrogen-bond donors (Lipinski definition) is 1. The van der Waals surface area contributed by atoms with Crippen molar-refractivity contribution >= 4 is 50.5 Å². The summed E-state index contributed by atoms with van der Waals surface area (Å²) in [4.78, 5) is 22.6. The van der Waals surface area contributed by atoms with E-state index in [9.17, 15) is 9.59 Å². The van der Waals surface area contributed by atoms with Crippen molar-refractivity contribution in [3.63, 3.8) is 0 Å². The molecular weight excluding hydrogens is 335 g/mol. The minimum Gasteiger partial charge on any atom is -0.478 e. The van der Waals surface area contributed by atoms with Crippen molar-refractivity contribution in [1.82, 2.24) is 0 Å². The van der Waals surface area contributed by atoms with Gasteiger partial charge < -0.3 is 9.52 Å². The minimum atomic E-state index is -1.12. The number of hydrogen-bond acceptors (Lipinski definition) is 3. The molecule has 0 saturated carbocycles. The first kappa shape index (κ1) is 13.8. The Morgan fingerprint density at radius 1 is 1.47 bits per heavy atom. The van der Waals surface area contributed by atoms with Crippen LogP contribution in [0.4, 0.5) is 0 Å². The third kappa shape index (κ3) is 2.72. The summed E-state index contributed by atoms with van der Waals surface area (Å²) in [6.07, 6.45) is 1.21. The van der Waals surface area contributed by atoms with Gasteiger partial charge in [0.15, 0.2) is 0 Å². The Labute approximate surface area is 121 Å². The molecule has 98 valence electrons. The monoisotopic (exact) mass is 342 g/mol. The molecule has 0 saturated heterocycles. The fourth-order valence-electron chi connectivity index (χ4n) is 1.55. The molecule has 0 spiro atoms. The van der Waals surface area contributed by atoms with E-state index < -0.39 is 11.6 Å². The number of benzene rings is 1. The predicted molar refractivity (Wildman–Crippen MR) is 76.5 cm³/mol. The molecule has 0 atom stereocenters. The van der Waals surface area contributed by atoms with Gasteiger partial charge in [0.05, 0.1) is 10.6 Å². The van der Waals surface area contributed by atoms with Gasteiger partial charge in [0, 0.05) is 15.4 Å². The van der Waals surface area contributed by atoms with Crippen LogP contribution in [0.1, 0.15) is 12.5 Å². The Bertz CT molecular complexity index is 761. The molecule has 2 rings (SSSR count). The first-order valence-corrected chi connectivity index (χ1v) is 6.40. The number of rotatable bonds is 2. The summed E-state index contributed by atoms with van der Waals surface area (Å²) in [5.41, 5.74) is -0.278. The zero-order chi connectivity index (χ0) is 14.2. The van der Waals surface area contributed by atoms with Crippen molar-refractivity contribution < 1.29 is 14.3 Å². The van der Waals surface area contributed by atoms with Crippen LogP contribution in [0.25, 0.3) is 17.0 Å². The van der Waals surface area contributed by atoms with E-state index in [0.717, 1.165) is 4.47 Å². The van der Waals surface area contributed by atoms with Crippen molar-refractivity contribution in [2.45, 2.75) is 6.92 Å². The maximum atomic E-state index is 11.8. The highest BCUT2D eigenvalue weighted by Gasteiger charge is 2.13. The molecule has 4 nitrogen and oxygen atoms in total. The predicted octanol–water partition coefficient (Wildman–Crippen LogP) is 3.70. The lowest BCUT2D eigenvalue weighted by Gasteiger charge is -2.03. The Kier molecular flexibility index (Phi) is 3.78. The van der Waals surface area contributed by atoms with Gasteiger partial charge in [-0.2, -0.15) is 0 Å². The maximum Gasteiger partial charge on any atom is 0.345 e. The van der Waals surface area contributed by atoms with Crippen LogP contribution in [-0.2, 0) is 4.79 Å². The number of fused-ring (bicyclic) bond motifs is 1. The Hall–Kier alpha value is -1.59. The van der Waals surface area contributed by atoms with Gasteiger partial charge >= 0.3 is 11.6 Å². The molecule has 19 heavy (non-hydrogen) atoms. The molecule has 0 radical (unpaired) electrons. The number of carboxylic acid groups (broad SMARTS) is 1. The van der Waals surface area contributed by atoms with Gasteiger partial charge in [-0.1, -0.05) is 27.5 Å². The van der Waals surface area contributed by atoms with Gasteiger partial charge in [0.25, 0.3) is 0 Å². The fraction of sp³-hybridized carbons (Fsp3) is 0.0769. The molecule has 0 bridgehead atoms. The number of aliphatic carboxylic acids is 1. The van der Waals surface area contributed by atoms with Crippen LogP contribution < -0.4 is 5.63 Å². The van der Waals surface area contributed by atoms with E-state index in [4.69, 9.17) is 21.1 Å². The molecule has 2 aromatic rings. The van der Waals surface area contributed by atoms with Crippen molar-refractivity contribution in [3.8, 4) is 0 Å². The van der Waals surface area contributed by atoms with Crippen LogP contribution in [0, 0.1) is 0 Å². The lowest BCUT2D eigenvalue weighted by molar-refractivity contribution is -0.132. The largest absolute Gasteiger partial charge is 0.478 e. The zero-order valence-electron chi connectivity index (χ0n) is 9.74. The van der Waals surface area contributed by atoms with Crippen molar-refractivity contribution in [1.29, 1.82) is 0 Å². The van der Waals surface area contributed by atoms with Crippen LogP contribution in [0.15, 0.2) is 37.5 Å². The van der Waals surface area contributed by atoms with Crippen LogP contribution in [0.3, 0.4) is 0 Å². The summed E-state index contributed by atoms with van der Waals surface area (Å²) >= 11 is 9.45. The molecule has 6 heteroatoms. The SMILES string of the molecule is C/C(=C\c1c(Cl)c2cc(Br)ccc2oc1=O)C(=O)O. The molecule has 0 amide bonds. The summed E-state index contributed by atoms with van der Waals surface area (Å²) in [6.45, 7) is 1.38. The number of carbonyl (C=O) groups is 1. The number of halogens is 2. The molecule has 0 aliphatic heterocycles. The molecule has 0 aliphatic carbocycles. The number of carboxylic acids is 1. The fourth-order valence-corrected chi connectivity index (χ4v) is 2.19. The summed E-state index contributed by atoms with van der Waals surface area (Å²) < 4.78 is 5.89. The van der Waals surface area contributed by atoms with Crippen molar-refractivity contribution in [2.24, 2.45) is 0 Å². The third-order valence-corrected chi connectivity index (χ3v) is 3.44. The summed E-state index contributed by atoms with van der Waals surface area (Å²) in [5, 5.41) is 9.55. The molecular formula is C13H8BrClO4. The lowest BCUT2D eigenvalue weighted by Crippen LogP contribution is -2.06. The highest BCUT2D eigenvalue weighted by atomic mass is 79.9. The first-order valence-electron chi connectivity index (χ1n) is 5.23. The molecule has 0 aliphatic rings. The standard InChI is InChI=1S/C13H8BrClO4/c1-6(12(16)17)4-9-11(15)8-5-7(14)2-3-10(8)19-13(9)18/h2-5H,1H3,(H,16,17)/b6-4+. The summed E-state index contributed by atoms with van der Waals surface area (Å²) in [7, 11) is 0. The second-order valence-corrected chi connectivity index (χ2v) is 5.18. The highest BCUT2D eigenvalue weighted by molar-refractivity contribution is 9.10. The Morgan fingerprint density at radius 2 is 2.16 bits per heavy atom. The van der Waals surface area contributed by atoms with Gasteiger partial charge in [-0.3, -0.25) is 0 Å². The van der Waals surface area contributed by atoms with Crippen LogP contribution >= 0.6 is 27.5 Å². The zero-order valence-corrected chi connectivity index (χ0v) is 12.1. The summed E-state index contributed by atoms with van der Waals surface area (Å²) in [5.74, 6) is -1.12. The average molecular weight is 344 g/mol. The van der Waals surface area contributed by atoms with Gasteiger partial charge in [-0.25, -0.2) is 9.59 Å². The first-order chi connectivity index (χ1) is 8.90. The molecule has 0 fully saturated rings. The third-order valence-electron chi connectivity index (χ3n) is 2.54. The van der Waals surface area contributed by atoms with Crippen molar-refractivity contribution in [2.75, 3.05) is 0 Å². The molecule has 1 aromatic heterocycles. The van der Waals surface area contributed by atoms with E-state index in [1.54, 1.807) is 18.2 Å². The van der Waals surface area contributed by atoms with Gasteiger partial charge in [0.1, 0.15) is 5.58 Å². The lowest BCUT2D eigenvalue weighted by atomic mass is 10.1. The second-order valence-electron chi connectivity index (χ2n) is 3.89. The van der Waals surface area contributed by atoms with Crippen LogP contribution in [0.2, 0.25) is 5.02 Å². The summed E-state index contributed by atoms with van der Waals surface area (Å²) in [6, 6.07) is 5.04. The van der Waals surface area contributed by atoms with Gasteiger partial charge in [-0.05, 0) is 31.2 Å².